The SMILES string of the molecule is COc1ccc([C@@]2(O[Si](C)(C)C)[C@@H]3C=C[C@@H](C3)[Si]2([Si](C)(C)C)[Si](C)(C)C)cc1. The van der Waals surface area contributed by atoms with Crippen molar-refractivity contribution in [3.8, 4) is 5.75 Å². The smallest absolute Gasteiger partial charge is 0.184 e. The zero-order valence-corrected chi connectivity index (χ0v) is 23.6. The third-order valence-electron chi connectivity index (χ3n) is 7.10. The molecule has 1 aliphatic heterocycles. The summed E-state index contributed by atoms with van der Waals surface area (Å²) in [4.78, 5) is 0. The lowest BCUT2D eigenvalue weighted by Crippen LogP contribution is -2.83. The van der Waals surface area contributed by atoms with Gasteiger partial charge in [0.15, 0.2) is 8.32 Å². The molecule has 2 bridgehead atoms. The van der Waals surface area contributed by atoms with Gasteiger partial charge in [-0.25, -0.2) is 0 Å². The maximum absolute atomic E-state index is 7.53. The van der Waals surface area contributed by atoms with Crippen molar-refractivity contribution in [2.24, 2.45) is 5.92 Å². The number of benzene rings is 1. The fourth-order valence-corrected chi connectivity index (χ4v) is 64.2. The number of methoxy groups -OCH3 is 1. The molecule has 1 heterocycles. The van der Waals surface area contributed by atoms with E-state index in [1.165, 1.54) is 12.0 Å². The standard InChI is InChI=1S/C22H40O2Si4/c1-23-20-14-11-18(12-15-20)22(24-25(2,3)4)19-13-16-21(17-19)28(22,26(5,6)7)27(8,9)10/h11-16,19,21H,17H2,1-10H3/t19-,21+,22+/m1/s1. The summed E-state index contributed by atoms with van der Waals surface area (Å²) in [7, 11) is -4.80. The normalized spacial score (nSPS) is 29.4. The van der Waals surface area contributed by atoms with E-state index in [1.807, 2.05) is 0 Å². The average molecular weight is 449 g/mol. The maximum atomic E-state index is 7.53. The van der Waals surface area contributed by atoms with Crippen molar-refractivity contribution in [2.45, 2.75) is 76.1 Å². The summed E-state index contributed by atoms with van der Waals surface area (Å²) in [5.41, 5.74) is 2.23. The third-order valence-corrected chi connectivity index (χ3v) is 48.6. The Hall–Kier alpha value is -0.412. The molecule has 156 valence electrons. The minimum absolute atomic E-state index is 0.0574. The molecular formula is C22H40O2Si4. The molecule has 0 amide bonds. The fraction of sp³-hybridized carbons (Fsp3) is 0.636. The summed E-state index contributed by atoms with van der Waals surface area (Å²) in [6.45, 7) is 23.2. The van der Waals surface area contributed by atoms with Crippen molar-refractivity contribution >= 4 is 30.6 Å². The molecule has 1 aromatic carbocycles. The Labute approximate surface area is 176 Å². The Morgan fingerprint density at radius 2 is 1.39 bits per heavy atom. The van der Waals surface area contributed by atoms with Gasteiger partial charge in [-0.15, -0.1) is 0 Å². The Morgan fingerprint density at radius 3 is 1.82 bits per heavy atom. The molecule has 1 aromatic rings. The Balaban J connectivity index is 2.39. The lowest BCUT2D eigenvalue weighted by atomic mass is 9.95. The summed E-state index contributed by atoms with van der Waals surface area (Å²) < 4.78 is 13.0. The van der Waals surface area contributed by atoms with E-state index < -0.39 is 30.6 Å². The first-order valence-electron chi connectivity index (χ1n) is 10.7. The highest BCUT2D eigenvalue weighted by Gasteiger charge is 2.77. The van der Waals surface area contributed by atoms with Crippen LogP contribution in [-0.2, 0) is 9.65 Å². The molecule has 1 saturated heterocycles. The summed E-state index contributed by atoms with van der Waals surface area (Å²) >= 11 is 0. The molecule has 3 atom stereocenters. The predicted molar refractivity (Wildman–Crippen MR) is 133 cm³/mol. The molecular weight excluding hydrogens is 409 g/mol. The first kappa shape index (κ1) is 22.3. The largest absolute Gasteiger partial charge is 0.497 e. The van der Waals surface area contributed by atoms with E-state index >= 15 is 0 Å². The van der Waals surface area contributed by atoms with Crippen LogP contribution in [0.2, 0.25) is 64.5 Å². The van der Waals surface area contributed by atoms with Gasteiger partial charge in [0, 0.05) is 21.1 Å². The van der Waals surface area contributed by atoms with E-state index in [2.05, 4.69) is 95.3 Å². The van der Waals surface area contributed by atoms with E-state index in [1.54, 1.807) is 7.11 Å². The van der Waals surface area contributed by atoms with Crippen LogP contribution in [0.5, 0.6) is 5.75 Å². The molecule has 0 aromatic heterocycles. The zero-order chi connectivity index (χ0) is 21.2. The molecule has 28 heavy (non-hydrogen) atoms. The summed E-state index contributed by atoms with van der Waals surface area (Å²) in [6, 6.07) is 9.01. The van der Waals surface area contributed by atoms with Gasteiger partial charge in [-0.05, 0) is 49.3 Å². The lowest BCUT2D eigenvalue weighted by Gasteiger charge is -2.63. The molecule has 3 rings (SSSR count). The molecule has 6 heteroatoms. The maximum Gasteiger partial charge on any atom is 0.184 e. The van der Waals surface area contributed by atoms with Crippen molar-refractivity contribution < 1.29 is 9.16 Å². The number of ether oxygens (including phenoxy) is 1. The molecule has 0 radical (unpaired) electrons. The van der Waals surface area contributed by atoms with Gasteiger partial charge in [-0.2, -0.15) is 0 Å². The minimum atomic E-state index is -1.81. The summed E-state index contributed by atoms with van der Waals surface area (Å²) in [5.74, 6) is 1.49. The van der Waals surface area contributed by atoms with E-state index in [-0.39, 0.29) is 5.22 Å². The van der Waals surface area contributed by atoms with Crippen molar-refractivity contribution in [1.29, 1.82) is 0 Å². The lowest BCUT2D eigenvalue weighted by molar-refractivity contribution is 0.105. The molecule has 1 aliphatic carbocycles. The fourth-order valence-electron chi connectivity index (χ4n) is 7.22. The second-order valence-corrected chi connectivity index (χ2v) is 43.6. The first-order valence-corrected chi connectivity index (χ1v) is 25.2. The summed E-state index contributed by atoms with van der Waals surface area (Å²) in [6.07, 6.45) is 6.47. The quantitative estimate of drug-likeness (QED) is 0.364. The molecule has 0 N–H and O–H groups in total. The second kappa shape index (κ2) is 6.80. The average Bonchev–Trinajstić information content (AvgIpc) is 3.10. The molecule has 0 saturated carbocycles. The molecule has 2 aliphatic rings. The highest BCUT2D eigenvalue weighted by molar-refractivity contribution is 7.70. The van der Waals surface area contributed by atoms with Gasteiger partial charge in [-0.1, -0.05) is 63.6 Å². The van der Waals surface area contributed by atoms with Gasteiger partial charge in [-0.3, -0.25) is 0 Å². The highest BCUT2D eigenvalue weighted by atomic mass is 29.6. The van der Waals surface area contributed by atoms with E-state index in [0.29, 0.717) is 5.92 Å². The van der Waals surface area contributed by atoms with E-state index in [9.17, 15) is 0 Å². The molecule has 2 nitrogen and oxygen atoms in total. The van der Waals surface area contributed by atoms with Crippen LogP contribution in [-0.4, -0.2) is 37.7 Å². The number of rotatable bonds is 6. The number of fused-ring (bicyclic) bond motifs is 2. The minimum Gasteiger partial charge on any atom is -0.497 e. The van der Waals surface area contributed by atoms with Crippen molar-refractivity contribution in [1.82, 2.24) is 0 Å². The van der Waals surface area contributed by atoms with Crippen LogP contribution in [0.1, 0.15) is 12.0 Å². The van der Waals surface area contributed by atoms with Gasteiger partial charge in [0.05, 0.1) is 19.4 Å². The number of allylic oxidation sites excluding steroid dienone is 1. The van der Waals surface area contributed by atoms with Crippen LogP contribution in [0.15, 0.2) is 36.4 Å². The molecule has 0 spiro atoms. The topological polar surface area (TPSA) is 18.5 Å². The van der Waals surface area contributed by atoms with Gasteiger partial charge in [0.25, 0.3) is 0 Å². The van der Waals surface area contributed by atoms with E-state index in [0.717, 1.165) is 11.3 Å². The number of hydrogen-bond acceptors (Lipinski definition) is 2. The molecule has 1 fully saturated rings. The van der Waals surface area contributed by atoms with Crippen LogP contribution < -0.4 is 4.74 Å². The number of hydrogen-bond donors (Lipinski definition) is 0. The zero-order valence-electron chi connectivity index (χ0n) is 19.6. The van der Waals surface area contributed by atoms with Crippen LogP contribution in [0.25, 0.3) is 0 Å². The molecule has 0 unspecified atom stereocenters. The Morgan fingerprint density at radius 1 is 0.857 bits per heavy atom. The third kappa shape index (κ3) is 3.02. The van der Waals surface area contributed by atoms with Gasteiger partial charge < -0.3 is 9.16 Å². The van der Waals surface area contributed by atoms with Crippen LogP contribution in [0.3, 0.4) is 0 Å². The monoisotopic (exact) mass is 448 g/mol. The highest BCUT2D eigenvalue weighted by Crippen LogP contribution is 2.67. The summed E-state index contributed by atoms with van der Waals surface area (Å²) in [5, 5.41) is -0.0574. The van der Waals surface area contributed by atoms with E-state index in [4.69, 9.17) is 9.16 Å². The first-order chi connectivity index (χ1) is 12.7. The van der Waals surface area contributed by atoms with Gasteiger partial charge in [0.2, 0.25) is 0 Å². The van der Waals surface area contributed by atoms with Crippen molar-refractivity contribution in [3.63, 3.8) is 0 Å². The van der Waals surface area contributed by atoms with Crippen molar-refractivity contribution in [2.75, 3.05) is 7.11 Å². The van der Waals surface area contributed by atoms with Crippen molar-refractivity contribution in [3.05, 3.63) is 42.0 Å². The Bertz CT molecular complexity index is 739. The van der Waals surface area contributed by atoms with Crippen LogP contribution >= 0.6 is 0 Å². The predicted octanol–water partition coefficient (Wildman–Crippen LogP) is 6.52. The van der Waals surface area contributed by atoms with Gasteiger partial charge in [0.1, 0.15) is 5.75 Å². The second-order valence-electron chi connectivity index (χ2n) is 11.8. The Kier molecular flexibility index (Phi) is 5.41. The van der Waals surface area contributed by atoms with Gasteiger partial charge >= 0.3 is 0 Å². The van der Waals surface area contributed by atoms with Crippen LogP contribution in [0.4, 0.5) is 0 Å². The van der Waals surface area contributed by atoms with Crippen LogP contribution in [0, 0.1) is 5.92 Å².